The van der Waals surface area contributed by atoms with Gasteiger partial charge < -0.3 is 27.1 Å². The fourth-order valence-corrected chi connectivity index (χ4v) is 23.6. The molecule has 8 heteroatoms. The van der Waals surface area contributed by atoms with E-state index in [4.69, 9.17) is 8.83 Å². The molecule has 30 rings (SSSR count). The SMILES string of the molecule is c1ccc(-c2ccc(-n3c4ccccc4c4cc(-c5ccc6sc7ccccc7c6c5)ccc43)cc2)cc1.c1ccc(-c2cccc(-n3c4ccccc4c4cc(-c5ccc6oc7ccccc7c6c5)ccc43)c2)cc1.c1ccc(-n2c3ccccc3c3cc(-c4ccc5oc6ccccc6c5c4)ccc32)cc1.c1ccc(-n2c3ccccc3c3cc(-c4ccc5sc6ccccc6c5c4)ccc32)cc1. The number of benzene rings is 22. The van der Waals surface area contributed by atoms with Gasteiger partial charge in [-0.25, -0.2) is 0 Å². The predicted octanol–water partition coefficient (Wildman–Crippen LogP) is 37.7. The first kappa shape index (κ1) is 81.6. The fraction of sp³-hybridized carbons (Fsp3) is 0. The van der Waals surface area contributed by atoms with Crippen LogP contribution >= 0.6 is 22.7 Å². The number of rotatable bonds is 10. The molecule has 0 aliphatic heterocycles. The molecule has 22 aromatic carbocycles. The normalized spacial score (nSPS) is 11.7. The Bertz CT molecular complexity index is 9820. The Morgan fingerprint density at radius 2 is 0.350 bits per heavy atom. The molecular weight excluding hydrogens is 1740 g/mol. The van der Waals surface area contributed by atoms with Gasteiger partial charge in [-0.3, -0.25) is 0 Å². The molecule has 140 heavy (non-hydrogen) atoms. The first-order chi connectivity index (χ1) is 69.4. The standard InChI is InChI=1S/C36H23NO.C36H23NS.C30H19NO.C30H19NS/c1-2-9-24(10-3-1)25-11-8-12-28(21-25)37-33-15-6-4-13-29(33)31-22-26(17-19-34(31)37)27-18-20-36-32(23-27)30-14-5-7-16-35(30)38-36;1-2-8-24(9-3-1)25-14-18-28(19-15-25)37-33-12-6-4-10-29(33)31-22-26(16-20-34(31)37)27-17-21-36-32(23-27)30-11-5-7-13-35(30)38-36;2*1-2-8-22(9-3-1)31-27-12-6-4-10-23(27)25-18-20(14-16-28(25)31)21-15-17-30-26(19-21)24-11-5-7-13-29(24)32-30/h2*1-23H;2*1-19H. The van der Waals surface area contributed by atoms with E-state index in [1.54, 1.807) is 0 Å². The highest BCUT2D eigenvalue weighted by atomic mass is 32.1. The third-order valence-electron chi connectivity index (χ3n) is 28.0. The molecule has 0 radical (unpaired) electrons. The van der Waals surface area contributed by atoms with Gasteiger partial charge in [-0.1, -0.05) is 315 Å². The smallest absolute Gasteiger partial charge is 0.135 e. The first-order valence-electron chi connectivity index (χ1n) is 47.6. The summed E-state index contributed by atoms with van der Waals surface area (Å²) in [4.78, 5) is 0. The number of aromatic nitrogens is 4. The second-order valence-corrected chi connectivity index (χ2v) is 38.2. The summed E-state index contributed by atoms with van der Waals surface area (Å²) in [7, 11) is 0. The monoisotopic (exact) mass is 1820 g/mol. The van der Waals surface area contributed by atoms with E-state index in [-0.39, 0.29) is 0 Å². The van der Waals surface area contributed by atoms with Crippen molar-refractivity contribution >= 4 is 194 Å². The molecule has 30 aromatic rings. The molecule has 0 unspecified atom stereocenters. The third-order valence-corrected chi connectivity index (χ3v) is 30.3. The van der Waals surface area contributed by atoms with E-state index in [0.29, 0.717) is 0 Å². The van der Waals surface area contributed by atoms with E-state index >= 15 is 0 Å². The van der Waals surface area contributed by atoms with Gasteiger partial charge in [0.15, 0.2) is 0 Å². The molecule has 0 N–H and O–H groups in total. The average Bonchev–Trinajstić information content (AvgIpc) is 1.60. The topological polar surface area (TPSA) is 46.0 Å². The van der Waals surface area contributed by atoms with Gasteiger partial charge in [-0.2, -0.15) is 0 Å². The largest absolute Gasteiger partial charge is 0.456 e. The number of para-hydroxylation sites is 8. The van der Waals surface area contributed by atoms with Gasteiger partial charge in [0.25, 0.3) is 0 Å². The Morgan fingerprint density at radius 1 is 0.121 bits per heavy atom. The first-order valence-corrected chi connectivity index (χ1v) is 49.3. The number of hydrogen-bond acceptors (Lipinski definition) is 4. The van der Waals surface area contributed by atoms with Crippen molar-refractivity contribution in [1.29, 1.82) is 0 Å². The lowest BCUT2D eigenvalue weighted by atomic mass is 10.0. The van der Waals surface area contributed by atoms with Crippen molar-refractivity contribution in [1.82, 2.24) is 18.3 Å². The number of fused-ring (bicyclic) bond motifs is 24. The van der Waals surface area contributed by atoms with Crippen LogP contribution in [0.2, 0.25) is 0 Å². The van der Waals surface area contributed by atoms with Crippen molar-refractivity contribution in [3.05, 3.63) is 510 Å². The lowest BCUT2D eigenvalue weighted by Crippen LogP contribution is -1.94. The van der Waals surface area contributed by atoms with Crippen molar-refractivity contribution in [2.75, 3.05) is 0 Å². The van der Waals surface area contributed by atoms with Crippen molar-refractivity contribution in [3.8, 4) is 89.5 Å². The highest BCUT2D eigenvalue weighted by molar-refractivity contribution is 7.26. The van der Waals surface area contributed by atoms with Crippen molar-refractivity contribution in [3.63, 3.8) is 0 Å². The minimum atomic E-state index is 0.922. The van der Waals surface area contributed by atoms with Crippen LogP contribution in [0.4, 0.5) is 0 Å². The summed E-state index contributed by atoms with van der Waals surface area (Å²) in [5, 5.41) is 20.1. The van der Waals surface area contributed by atoms with Crippen LogP contribution in [0.5, 0.6) is 0 Å². The van der Waals surface area contributed by atoms with Crippen molar-refractivity contribution in [2.24, 2.45) is 0 Å². The zero-order valence-corrected chi connectivity index (χ0v) is 77.6. The number of nitrogens with zero attached hydrogens (tertiary/aromatic N) is 4. The van der Waals surface area contributed by atoms with Gasteiger partial charge in [0.05, 0.1) is 44.1 Å². The van der Waals surface area contributed by atoms with Gasteiger partial charge >= 0.3 is 0 Å². The molecule has 0 aliphatic carbocycles. The van der Waals surface area contributed by atoms with E-state index < -0.39 is 0 Å². The molecule has 0 atom stereocenters. The molecule has 0 fully saturated rings. The maximum absolute atomic E-state index is 6.06. The van der Waals surface area contributed by atoms with Crippen LogP contribution in [0.1, 0.15) is 0 Å². The number of thiophene rings is 2. The molecule has 656 valence electrons. The zero-order chi connectivity index (χ0) is 92.2. The summed E-state index contributed by atoms with van der Waals surface area (Å²) in [6, 6.07) is 183. The average molecular weight is 1820 g/mol. The van der Waals surface area contributed by atoms with Crippen molar-refractivity contribution < 1.29 is 8.83 Å². The third kappa shape index (κ3) is 14.2. The molecule has 8 aromatic heterocycles. The van der Waals surface area contributed by atoms with Crippen LogP contribution in [-0.2, 0) is 0 Å². The fourth-order valence-electron chi connectivity index (χ4n) is 21.4. The maximum atomic E-state index is 6.06. The molecule has 0 saturated heterocycles. The van der Waals surface area contributed by atoms with E-state index in [1.165, 1.54) is 211 Å². The molecule has 0 aliphatic rings. The summed E-state index contributed by atoms with van der Waals surface area (Å²) in [5.41, 5.74) is 32.9. The minimum absolute atomic E-state index is 0.922. The molecular formula is C132H84N4O2S2. The Morgan fingerprint density at radius 3 is 0.736 bits per heavy atom. The lowest BCUT2D eigenvalue weighted by Gasteiger charge is -2.11. The Balaban J connectivity index is 0.0000000940. The number of hydrogen-bond donors (Lipinski definition) is 0. The minimum Gasteiger partial charge on any atom is -0.456 e. The summed E-state index contributed by atoms with van der Waals surface area (Å²) >= 11 is 3.73. The highest BCUT2D eigenvalue weighted by Gasteiger charge is 2.22. The van der Waals surface area contributed by atoms with Gasteiger partial charge in [0, 0.05) is 128 Å². The van der Waals surface area contributed by atoms with Crippen LogP contribution < -0.4 is 0 Å². The van der Waals surface area contributed by atoms with Crippen LogP contribution in [0.25, 0.3) is 261 Å². The lowest BCUT2D eigenvalue weighted by molar-refractivity contribution is 0.668. The Labute approximate surface area is 814 Å². The van der Waals surface area contributed by atoms with E-state index in [9.17, 15) is 0 Å². The summed E-state index contributed by atoms with van der Waals surface area (Å²) in [6.45, 7) is 0. The maximum Gasteiger partial charge on any atom is 0.135 e. The summed E-state index contributed by atoms with van der Waals surface area (Å²) < 4.78 is 26.9. The highest BCUT2D eigenvalue weighted by Crippen LogP contribution is 2.46. The van der Waals surface area contributed by atoms with Crippen LogP contribution in [0.3, 0.4) is 0 Å². The van der Waals surface area contributed by atoms with Gasteiger partial charge in [0.1, 0.15) is 22.3 Å². The molecule has 6 nitrogen and oxygen atoms in total. The second-order valence-electron chi connectivity index (χ2n) is 36.1. The molecule has 0 bridgehead atoms. The molecule has 0 spiro atoms. The van der Waals surface area contributed by atoms with Crippen LogP contribution in [0.15, 0.2) is 518 Å². The second kappa shape index (κ2) is 34.2. The van der Waals surface area contributed by atoms with Gasteiger partial charge in [0.2, 0.25) is 0 Å². The van der Waals surface area contributed by atoms with Crippen LogP contribution in [-0.4, -0.2) is 18.3 Å². The molecule has 8 heterocycles. The van der Waals surface area contributed by atoms with E-state index in [2.05, 4.69) is 504 Å². The van der Waals surface area contributed by atoms with Crippen LogP contribution in [0, 0.1) is 0 Å². The van der Waals surface area contributed by atoms with Gasteiger partial charge in [-0.05, 0) is 261 Å². The zero-order valence-electron chi connectivity index (χ0n) is 75.9. The van der Waals surface area contributed by atoms with Crippen molar-refractivity contribution in [2.45, 2.75) is 0 Å². The quantitative estimate of drug-likeness (QED) is 0.137. The summed E-state index contributed by atoms with van der Waals surface area (Å²) in [5.74, 6) is 0. The van der Waals surface area contributed by atoms with E-state index in [1.807, 2.05) is 46.9 Å². The summed E-state index contributed by atoms with van der Waals surface area (Å²) in [6.07, 6.45) is 0. The van der Waals surface area contributed by atoms with E-state index in [0.717, 1.165) is 49.6 Å². The Hall–Kier alpha value is -17.9. The number of furan rings is 2. The molecule has 0 saturated carbocycles. The predicted molar refractivity (Wildman–Crippen MR) is 596 cm³/mol. The molecule has 0 amide bonds. The van der Waals surface area contributed by atoms with Gasteiger partial charge in [-0.15, -0.1) is 22.7 Å². The Kier molecular flexibility index (Phi) is 19.9.